The van der Waals surface area contributed by atoms with Gasteiger partial charge in [0.2, 0.25) is 0 Å². The van der Waals surface area contributed by atoms with E-state index in [9.17, 15) is 4.79 Å². The molecule has 5 nitrogen and oxygen atoms in total. The molecule has 0 aliphatic carbocycles. The fourth-order valence-electron chi connectivity index (χ4n) is 2.68. The fourth-order valence-corrected chi connectivity index (χ4v) is 2.68. The molecule has 0 saturated carbocycles. The smallest absolute Gasteiger partial charge is 0.310 e. The topological polar surface area (TPSA) is 48.0 Å². The summed E-state index contributed by atoms with van der Waals surface area (Å²) in [4.78, 5) is 14.0. The number of benzene rings is 1. The Hall–Kier alpha value is -1.91. The van der Waals surface area contributed by atoms with Gasteiger partial charge in [-0.2, -0.15) is 0 Å². The molecular formula is C15H19NO4. The van der Waals surface area contributed by atoms with Crippen molar-refractivity contribution in [3.63, 3.8) is 0 Å². The molecule has 0 spiro atoms. The number of carbonyl (C=O) groups is 1. The van der Waals surface area contributed by atoms with Gasteiger partial charge in [0, 0.05) is 24.8 Å². The largest absolute Gasteiger partial charge is 0.486 e. The van der Waals surface area contributed by atoms with E-state index < -0.39 is 0 Å². The normalized spacial score (nSPS) is 20.9. The van der Waals surface area contributed by atoms with Crippen LogP contribution in [0.15, 0.2) is 18.2 Å². The summed E-state index contributed by atoms with van der Waals surface area (Å²) in [5.41, 5.74) is 1.07. The van der Waals surface area contributed by atoms with Gasteiger partial charge in [-0.15, -0.1) is 0 Å². The van der Waals surface area contributed by atoms with Crippen LogP contribution < -0.4 is 14.4 Å². The van der Waals surface area contributed by atoms with Crippen molar-refractivity contribution in [1.82, 2.24) is 0 Å². The average molecular weight is 277 g/mol. The third-order valence-electron chi connectivity index (χ3n) is 3.70. The highest BCUT2D eigenvalue weighted by Crippen LogP contribution is 2.35. The number of carbonyl (C=O) groups excluding carboxylic acids is 1. The van der Waals surface area contributed by atoms with Crippen molar-refractivity contribution in [3.8, 4) is 11.5 Å². The summed E-state index contributed by atoms with van der Waals surface area (Å²) in [6.45, 7) is 5.04. The van der Waals surface area contributed by atoms with Gasteiger partial charge in [0.25, 0.3) is 0 Å². The first-order valence-electron chi connectivity index (χ1n) is 7.09. The van der Waals surface area contributed by atoms with Gasteiger partial charge >= 0.3 is 5.97 Å². The Morgan fingerprint density at radius 3 is 2.95 bits per heavy atom. The van der Waals surface area contributed by atoms with E-state index in [1.807, 2.05) is 25.1 Å². The lowest BCUT2D eigenvalue weighted by molar-refractivity contribution is -0.147. The minimum atomic E-state index is -0.0902. The number of esters is 1. The second-order valence-corrected chi connectivity index (χ2v) is 5.01. The van der Waals surface area contributed by atoms with Crippen LogP contribution in [0.25, 0.3) is 0 Å². The summed E-state index contributed by atoms with van der Waals surface area (Å²) in [5, 5.41) is 0. The summed E-state index contributed by atoms with van der Waals surface area (Å²) < 4.78 is 16.2. The molecule has 108 valence electrons. The molecule has 0 N–H and O–H groups in total. The zero-order valence-electron chi connectivity index (χ0n) is 11.6. The number of hydrogen-bond acceptors (Lipinski definition) is 5. The van der Waals surface area contributed by atoms with Gasteiger partial charge in [0.15, 0.2) is 11.5 Å². The Balaban J connectivity index is 1.70. The third-order valence-corrected chi connectivity index (χ3v) is 3.70. The number of nitrogens with zero attached hydrogens (tertiary/aromatic N) is 1. The maximum absolute atomic E-state index is 11.8. The molecule has 0 radical (unpaired) electrons. The maximum Gasteiger partial charge on any atom is 0.310 e. The standard InChI is InChI=1S/C15H19NO4/c1-2-18-15(17)11-5-6-16(10-11)12-3-4-13-14(9-12)20-8-7-19-13/h3-4,9,11H,2,5-8,10H2,1H3. The Morgan fingerprint density at radius 1 is 1.35 bits per heavy atom. The molecule has 20 heavy (non-hydrogen) atoms. The van der Waals surface area contributed by atoms with E-state index in [1.165, 1.54) is 0 Å². The second kappa shape index (κ2) is 5.61. The number of fused-ring (bicyclic) bond motifs is 1. The quantitative estimate of drug-likeness (QED) is 0.789. The van der Waals surface area contributed by atoms with Crippen LogP contribution in [0.5, 0.6) is 11.5 Å². The second-order valence-electron chi connectivity index (χ2n) is 5.01. The lowest BCUT2D eigenvalue weighted by Gasteiger charge is -2.23. The first-order valence-corrected chi connectivity index (χ1v) is 7.09. The molecule has 1 aromatic rings. The zero-order valence-corrected chi connectivity index (χ0v) is 11.6. The Bertz CT molecular complexity index is 503. The molecule has 0 bridgehead atoms. The number of hydrogen-bond donors (Lipinski definition) is 0. The average Bonchev–Trinajstić information content (AvgIpc) is 2.97. The predicted molar refractivity (Wildman–Crippen MR) is 74.4 cm³/mol. The minimum Gasteiger partial charge on any atom is -0.486 e. The molecule has 1 saturated heterocycles. The van der Waals surface area contributed by atoms with Gasteiger partial charge in [-0.05, 0) is 25.5 Å². The predicted octanol–water partition coefficient (Wildman–Crippen LogP) is 1.85. The summed E-state index contributed by atoms with van der Waals surface area (Å²) in [5.74, 6) is 1.46. The molecule has 1 aromatic carbocycles. The van der Waals surface area contributed by atoms with E-state index in [1.54, 1.807) is 0 Å². The van der Waals surface area contributed by atoms with E-state index >= 15 is 0 Å². The highest BCUT2D eigenvalue weighted by Gasteiger charge is 2.30. The van der Waals surface area contributed by atoms with Crippen LogP contribution in [0, 0.1) is 5.92 Å². The van der Waals surface area contributed by atoms with Crippen molar-refractivity contribution >= 4 is 11.7 Å². The molecule has 1 unspecified atom stereocenters. The minimum absolute atomic E-state index is 0.0249. The summed E-state index contributed by atoms with van der Waals surface area (Å²) >= 11 is 0. The lowest BCUT2D eigenvalue weighted by atomic mass is 10.1. The summed E-state index contributed by atoms with van der Waals surface area (Å²) in [6, 6.07) is 5.94. The Morgan fingerprint density at radius 2 is 2.15 bits per heavy atom. The Labute approximate surface area is 118 Å². The first kappa shape index (κ1) is 13.1. The molecule has 3 rings (SSSR count). The summed E-state index contributed by atoms with van der Waals surface area (Å²) in [7, 11) is 0. The number of rotatable bonds is 3. The van der Waals surface area contributed by atoms with Crippen molar-refractivity contribution in [2.75, 3.05) is 37.8 Å². The van der Waals surface area contributed by atoms with Crippen LogP contribution >= 0.6 is 0 Å². The highest BCUT2D eigenvalue weighted by molar-refractivity contribution is 5.74. The van der Waals surface area contributed by atoms with Gasteiger partial charge in [-0.25, -0.2) is 0 Å². The fraction of sp³-hybridized carbons (Fsp3) is 0.533. The molecule has 5 heteroatoms. The van der Waals surface area contributed by atoms with Crippen molar-refractivity contribution in [1.29, 1.82) is 0 Å². The van der Waals surface area contributed by atoms with Crippen molar-refractivity contribution < 1.29 is 19.0 Å². The zero-order chi connectivity index (χ0) is 13.9. The van der Waals surface area contributed by atoms with E-state index in [-0.39, 0.29) is 11.9 Å². The van der Waals surface area contributed by atoms with Gasteiger partial charge in [0.05, 0.1) is 12.5 Å². The van der Waals surface area contributed by atoms with Crippen LogP contribution in [0.2, 0.25) is 0 Å². The van der Waals surface area contributed by atoms with Gasteiger partial charge in [0.1, 0.15) is 13.2 Å². The monoisotopic (exact) mass is 277 g/mol. The molecule has 2 aliphatic heterocycles. The first-order chi connectivity index (χ1) is 9.78. The van der Waals surface area contributed by atoms with E-state index in [2.05, 4.69) is 4.90 Å². The van der Waals surface area contributed by atoms with Crippen LogP contribution in [0.4, 0.5) is 5.69 Å². The molecule has 2 aliphatic rings. The van der Waals surface area contributed by atoms with E-state index in [0.29, 0.717) is 26.4 Å². The van der Waals surface area contributed by atoms with Crippen molar-refractivity contribution in [2.45, 2.75) is 13.3 Å². The Kier molecular flexibility index (Phi) is 3.67. The molecule has 1 fully saturated rings. The number of ether oxygens (including phenoxy) is 3. The van der Waals surface area contributed by atoms with E-state index in [0.717, 1.165) is 30.2 Å². The lowest BCUT2D eigenvalue weighted by Crippen LogP contribution is -2.24. The van der Waals surface area contributed by atoms with Gasteiger partial charge in [-0.3, -0.25) is 4.79 Å². The van der Waals surface area contributed by atoms with Crippen LogP contribution in [0.3, 0.4) is 0 Å². The third kappa shape index (κ3) is 2.53. The molecule has 1 atom stereocenters. The van der Waals surface area contributed by atoms with Crippen molar-refractivity contribution in [2.24, 2.45) is 5.92 Å². The van der Waals surface area contributed by atoms with Crippen molar-refractivity contribution in [3.05, 3.63) is 18.2 Å². The molecule has 2 heterocycles. The highest BCUT2D eigenvalue weighted by atomic mass is 16.6. The summed E-state index contributed by atoms with van der Waals surface area (Å²) in [6.07, 6.45) is 0.841. The van der Waals surface area contributed by atoms with Crippen LogP contribution in [-0.4, -0.2) is 38.9 Å². The van der Waals surface area contributed by atoms with E-state index in [4.69, 9.17) is 14.2 Å². The van der Waals surface area contributed by atoms with Crippen LogP contribution in [0.1, 0.15) is 13.3 Å². The van der Waals surface area contributed by atoms with Gasteiger partial charge in [-0.1, -0.05) is 0 Å². The van der Waals surface area contributed by atoms with Crippen LogP contribution in [-0.2, 0) is 9.53 Å². The molecule has 0 aromatic heterocycles. The SMILES string of the molecule is CCOC(=O)C1CCN(c2ccc3c(c2)OCCO3)C1. The molecule has 0 amide bonds. The van der Waals surface area contributed by atoms with Gasteiger partial charge < -0.3 is 19.1 Å². The molecular weight excluding hydrogens is 258 g/mol. The maximum atomic E-state index is 11.8. The number of anilines is 1.